The predicted octanol–water partition coefficient (Wildman–Crippen LogP) is 4.78. The number of hydrogen-bond donors (Lipinski definition) is 1. The summed E-state index contributed by atoms with van der Waals surface area (Å²) in [4.78, 5) is 23.1. The smallest absolute Gasteiger partial charge is 0.291 e. The molecule has 0 spiro atoms. The van der Waals surface area contributed by atoms with Gasteiger partial charge in [-0.3, -0.25) is 9.59 Å². The van der Waals surface area contributed by atoms with Gasteiger partial charge in [0.1, 0.15) is 0 Å². The summed E-state index contributed by atoms with van der Waals surface area (Å²) in [6.45, 7) is 0.746. The number of aromatic nitrogens is 1. The van der Waals surface area contributed by atoms with Crippen molar-refractivity contribution >= 4 is 55.0 Å². The van der Waals surface area contributed by atoms with Crippen LogP contribution in [-0.4, -0.2) is 14.9 Å². The van der Waals surface area contributed by atoms with Crippen molar-refractivity contribution in [1.29, 1.82) is 0 Å². The Morgan fingerprint density at radius 1 is 1.08 bits per heavy atom. The predicted molar refractivity (Wildman–Crippen MR) is 104 cm³/mol. The third-order valence-corrected chi connectivity index (χ3v) is 5.55. The van der Waals surface area contributed by atoms with Crippen LogP contribution < -0.4 is 5.32 Å². The first-order chi connectivity index (χ1) is 12.1. The van der Waals surface area contributed by atoms with Crippen LogP contribution in [0.15, 0.2) is 64.9 Å². The molecule has 3 aromatic rings. The third-order valence-electron chi connectivity index (χ3n) is 4.09. The van der Waals surface area contributed by atoms with Crippen molar-refractivity contribution in [3.05, 3.63) is 76.0 Å². The monoisotopic (exact) mass is 412 g/mol. The fourth-order valence-electron chi connectivity index (χ4n) is 2.90. The molecule has 0 radical (unpaired) electrons. The summed E-state index contributed by atoms with van der Waals surface area (Å²) in [5.41, 5.74) is 3.52. The molecule has 0 atom stereocenters. The van der Waals surface area contributed by atoms with Gasteiger partial charge in [0, 0.05) is 39.9 Å². The molecular weight excluding hydrogens is 400 g/mol. The maximum atomic E-state index is 11.8. The van der Waals surface area contributed by atoms with Gasteiger partial charge in [-0.25, -0.2) is 0 Å². The van der Waals surface area contributed by atoms with E-state index in [1.54, 1.807) is 6.08 Å². The number of amides is 1. The minimum absolute atomic E-state index is 0.241. The summed E-state index contributed by atoms with van der Waals surface area (Å²) in [5, 5.41) is 3.07. The lowest BCUT2D eigenvalue weighted by atomic mass is 10.1. The Morgan fingerprint density at radius 2 is 1.92 bits per heavy atom. The van der Waals surface area contributed by atoms with Crippen molar-refractivity contribution in [2.75, 3.05) is 0 Å². The standard InChI is InChI=1S/C19H13BrN2O2S/c20-15-6-2-1-4-13(15)11-22-9-8-14-12(5-3-7-17(14)22)10-16-18(23)25-19(24)21-16/h1-10H,11H2,(H,21,24). The van der Waals surface area contributed by atoms with Crippen LogP contribution in [0, 0.1) is 0 Å². The first kappa shape index (κ1) is 16.2. The summed E-state index contributed by atoms with van der Waals surface area (Å²) in [6.07, 6.45) is 3.78. The van der Waals surface area contributed by atoms with Crippen molar-refractivity contribution in [2.45, 2.75) is 6.54 Å². The topological polar surface area (TPSA) is 51.1 Å². The molecule has 1 amide bonds. The minimum atomic E-state index is -0.324. The van der Waals surface area contributed by atoms with Crippen molar-refractivity contribution in [1.82, 2.24) is 9.88 Å². The van der Waals surface area contributed by atoms with Gasteiger partial charge in [-0.2, -0.15) is 0 Å². The maximum Gasteiger partial charge on any atom is 0.291 e. The SMILES string of the molecule is O=C1NC(=Cc2cccc3c2ccn3Cc2ccccc2Br)C(=O)S1. The summed E-state index contributed by atoms with van der Waals surface area (Å²) >= 11 is 4.28. The zero-order valence-electron chi connectivity index (χ0n) is 13.0. The summed E-state index contributed by atoms with van der Waals surface area (Å²) in [6, 6.07) is 16.1. The van der Waals surface area contributed by atoms with Crippen LogP contribution in [0.5, 0.6) is 0 Å². The molecule has 2 heterocycles. The summed E-state index contributed by atoms with van der Waals surface area (Å²) < 4.78 is 3.24. The molecule has 0 saturated carbocycles. The van der Waals surface area contributed by atoms with Crippen molar-refractivity contribution in [2.24, 2.45) is 0 Å². The number of carbonyl (C=O) groups is 2. The molecule has 0 aliphatic carbocycles. The Hall–Kier alpha value is -2.31. The van der Waals surface area contributed by atoms with E-state index in [1.165, 1.54) is 5.56 Å². The zero-order chi connectivity index (χ0) is 17.4. The number of benzene rings is 2. The Kier molecular flexibility index (Phi) is 4.23. The second-order valence-electron chi connectivity index (χ2n) is 5.68. The lowest BCUT2D eigenvalue weighted by Gasteiger charge is -2.08. The molecular formula is C19H13BrN2O2S. The van der Waals surface area contributed by atoms with E-state index >= 15 is 0 Å². The highest BCUT2D eigenvalue weighted by Crippen LogP contribution is 2.27. The Morgan fingerprint density at radius 3 is 2.68 bits per heavy atom. The highest BCUT2D eigenvalue weighted by molar-refractivity contribution is 9.10. The van der Waals surface area contributed by atoms with E-state index in [0.717, 1.165) is 27.5 Å². The molecule has 25 heavy (non-hydrogen) atoms. The van der Waals surface area contributed by atoms with Crippen LogP contribution >= 0.6 is 27.7 Å². The van der Waals surface area contributed by atoms with E-state index < -0.39 is 0 Å². The quantitative estimate of drug-likeness (QED) is 0.629. The van der Waals surface area contributed by atoms with Crippen molar-refractivity contribution < 1.29 is 9.59 Å². The number of nitrogens with zero attached hydrogens (tertiary/aromatic N) is 1. The first-order valence-corrected chi connectivity index (χ1v) is 9.29. The maximum absolute atomic E-state index is 11.8. The van der Waals surface area contributed by atoms with Crippen molar-refractivity contribution in [3.63, 3.8) is 0 Å². The van der Waals surface area contributed by atoms with Crippen LogP contribution in [0.25, 0.3) is 17.0 Å². The number of carbonyl (C=O) groups excluding carboxylic acids is 2. The average Bonchev–Trinajstić information content (AvgIpc) is 3.14. The molecule has 1 aromatic heterocycles. The number of thioether (sulfide) groups is 1. The van der Waals surface area contributed by atoms with Crippen molar-refractivity contribution in [3.8, 4) is 0 Å². The Bertz CT molecular complexity index is 1040. The molecule has 1 fully saturated rings. The van der Waals surface area contributed by atoms with Crippen LogP contribution in [0.4, 0.5) is 4.79 Å². The van der Waals surface area contributed by atoms with E-state index in [-0.39, 0.29) is 10.4 Å². The second kappa shape index (κ2) is 6.54. The van der Waals surface area contributed by atoms with Gasteiger partial charge in [0.2, 0.25) is 5.12 Å². The molecule has 4 nitrogen and oxygen atoms in total. The van der Waals surface area contributed by atoms with E-state index in [4.69, 9.17) is 0 Å². The van der Waals surface area contributed by atoms with Gasteiger partial charge in [-0.1, -0.05) is 46.3 Å². The fourth-order valence-corrected chi connectivity index (χ4v) is 3.86. The van der Waals surface area contributed by atoms with Gasteiger partial charge in [0.15, 0.2) is 0 Å². The first-order valence-electron chi connectivity index (χ1n) is 7.68. The zero-order valence-corrected chi connectivity index (χ0v) is 15.4. The van der Waals surface area contributed by atoms with Crippen LogP contribution in [0.3, 0.4) is 0 Å². The largest absolute Gasteiger partial charge is 0.343 e. The Balaban J connectivity index is 1.74. The van der Waals surface area contributed by atoms with Gasteiger partial charge in [0.25, 0.3) is 5.24 Å². The summed E-state index contributed by atoms with van der Waals surface area (Å²) in [5.74, 6) is 0. The second-order valence-corrected chi connectivity index (χ2v) is 7.48. The number of fused-ring (bicyclic) bond motifs is 1. The van der Waals surface area contributed by atoms with Crippen LogP contribution in [-0.2, 0) is 11.3 Å². The van der Waals surface area contributed by atoms with E-state index in [9.17, 15) is 9.59 Å². The van der Waals surface area contributed by atoms with E-state index in [0.29, 0.717) is 17.5 Å². The Labute approximate surface area is 157 Å². The highest BCUT2D eigenvalue weighted by Gasteiger charge is 2.25. The molecule has 1 aliphatic rings. The van der Waals surface area contributed by atoms with Gasteiger partial charge >= 0.3 is 0 Å². The average molecular weight is 413 g/mol. The number of rotatable bonds is 3. The van der Waals surface area contributed by atoms with Gasteiger partial charge in [-0.05, 0) is 35.4 Å². The molecule has 1 aliphatic heterocycles. The lowest BCUT2D eigenvalue weighted by Crippen LogP contribution is -2.10. The van der Waals surface area contributed by atoms with Gasteiger partial charge < -0.3 is 9.88 Å². The normalized spacial score (nSPS) is 16.0. The molecule has 1 saturated heterocycles. The number of hydrogen-bond acceptors (Lipinski definition) is 3. The molecule has 6 heteroatoms. The highest BCUT2D eigenvalue weighted by atomic mass is 79.9. The number of halogens is 1. The fraction of sp³-hybridized carbons (Fsp3) is 0.0526. The molecule has 124 valence electrons. The van der Waals surface area contributed by atoms with Crippen LogP contribution in [0.2, 0.25) is 0 Å². The van der Waals surface area contributed by atoms with Gasteiger partial charge in [-0.15, -0.1) is 0 Å². The molecule has 1 N–H and O–H groups in total. The number of nitrogens with one attached hydrogen (secondary N) is 1. The molecule has 0 bridgehead atoms. The molecule has 4 rings (SSSR count). The molecule has 2 aromatic carbocycles. The van der Waals surface area contributed by atoms with Gasteiger partial charge in [0.05, 0.1) is 5.70 Å². The van der Waals surface area contributed by atoms with E-state index in [2.05, 4.69) is 37.9 Å². The summed E-state index contributed by atoms with van der Waals surface area (Å²) in [7, 11) is 0. The lowest BCUT2D eigenvalue weighted by molar-refractivity contribution is -0.107. The third kappa shape index (κ3) is 3.15. The van der Waals surface area contributed by atoms with E-state index in [1.807, 2.05) is 42.6 Å². The minimum Gasteiger partial charge on any atom is -0.343 e. The van der Waals surface area contributed by atoms with Crippen LogP contribution in [0.1, 0.15) is 11.1 Å². The molecule has 0 unspecified atom stereocenters.